The number of cyclic esters (lactones) is 1. The number of aliphatic hydroxyl groups excluding tert-OH is 1. The molecule has 1 N–H and O–H groups in total. The third kappa shape index (κ3) is 4.09. The highest BCUT2D eigenvalue weighted by Crippen LogP contribution is 2.58. The number of esters is 1. The summed E-state index contributed by atoms with van der Waals surface area (Å²) in [6, 6.07) is 5.12. The molecular formula is C30H38N2O6. The SMILES string of the molecule is CC[C@@]12C=CCOC(=O)[C@@H]1[C@H]1C(=O)N(CCCCCCO)C3C(=O)N(c4cc(C)ccc4C)CC=C[C@@]31O2. The number of rotatable bonds is 8. The van der Waals surface area contributed by atoms with E-state index in [4.69, 9.17) is 14.6 Å². The van der Waals surface area contributed by atoms with E-state index in [1.165, 1.54) is 0 Å². The molecule has 0 aromatic heterocycles. The van der Waals surface area contributed by atoms with Gasteiger partial charge in [-0.2, -0.15) is 0 Å². The van der Waals surface area contributed by atoms with E-state index in [2.05, 4.69) is 0 Å². The molecule has 0 radical (unpaired) electrons. The normalized spacial score (nSPS) is 32.1. The van der Waals surface area contributed by atoms with Gasteiger partial charge >= 0.3 is 5.97 Å². The van der Waals surface area contributed by atoms with Crippen LogP contribution in [0.3, 0.4) is 0 Å². The van der Waals surface area contributed by atoms with Crippen molar-refractivity contribution in [3.05, 3.63) is 53.6 Å². The number of unbranched alkanes of at least 4 members (excludes halogenated alkanes) is 3. The van der Waals surface area contributed by atoms with E-state index in [9.17, 15) is 14.4 Å². The van der Waals surface area contributed by atoms with E-state index in [1.807, 2.05) is 57.2 Å². The van der Waals surface area contributed by atoms with Crippen LogP contribution in [0.4, 0.5) is 5.69 Å². The number of benzene rings is 1. The Labute approximate surface area is 224 Å². The number of aliphatic hydroxyl groups is 1. The lowest BCUT2D eigenvalue weighted by Crippen LogP contribution is -2.56. The number of carbonyl (C=O) groups excluding carboxylic acids is 3. The first-order valence-electron chi connectivity index (χ1n) is 13.8. The van der Waals surface area contributed by atoms with Crippen molar-refractivity contribution in [1.29, 1.82) is 0 Å². The molecule has 1 unspecified atom stereocenters. The summed E-state index contributed by atoms with van der Waals surface area (Å²) in [5.74, 6) is -2.56. The Morgan fingerprint density at radius 2 is 1.79 bits per heavy atom. The Hall–Kier alpha value is -2.97. The summed E-state index contributed by atoms with van der Waals surface area (Å²) in [7, 11) is 0. The first-order chi connectivity index (χ1) is 18.3. The van der Waals surface area contributed by atoms with E-state index in [0.717, 1.165) is 29.7 Å². The summed E-state index contributed by atoms with van der Waals surface area (Å²) in [6.45, 7) is 6.92. The molecule has 4 aliphatic rings. The zero-order valence-corrected chi connectivity index (χ0v) is 22.5. The molecule has 8 heteroatoms. The number of hydrogen-bond donors (Lipinski definition) is 1. The van der Waals surface area contributed by atoms with Crippen molar-refractivity contribution in [2.75, 3.05) is 31.2 Å². The molecule has 0 saturated carbocycles. The number of aryl methyl sites for hydroxylation is 2. The summed E-state index contributed by atoms with van der Waals surface area (Å²) < 4.78 is 12.4. The minimum absolute atomic E-state index is 0.134. The van der Waals surface area contributed by atoms with Gasteiger partial charge < -0.3 is 24.4 Å². The lowest BCUT2D eigenvalue weighted by atomic mass is 9.73. The molecular weight excluding hydrogens is 484 g/mol. The minimum atomic E-state index is -1.27. The summed E-state index contributed by atoms with van der Waals surface area (Å²) in [6.07, 6.45) is 11.0. The number of likely N-dealkylation sites (tertiary alicyclic amines) is 1. The van der Waals surface area contributed by atoms with Crippen LogP contribution in [0.5, 0.6) is 0 Å². The number of anilines is 1. The fourth-order valence-corrected chi connectivity index (χ4v) is 6.81. The standard InChI is InChI=1S/C30H38N2O6/c1-4-29-13-10-18-37-28(36)24(29)23-26(34)32(15-7-5-6-8-17-33)25-27(35)31(16-9-14-30(23,25)38-29)22-19-20(2)11-12-21(22)3/h9-14,19,23-25,33H,4-8,15-18H2,1-3H3/t23-,24-,25?,29+,30-/m0/s1. The Balaban J connectivity index is 1.60. The highest BCUT2D eigenvalue weighted by molar-refractivity contribution is 6.06. The molecule has 1 spiro atoms. The van der Waals surface area contributed by atoms with Gasteiger partial charge in [0.05, 0.1) is 5.92 Å². The van der Waals surface area contributed by atoms with E-state index >= 15 is 0 Å². The average Bonchev–Trinajstić information content (AvgIpc) is 3.17. The molecule has 0 aliphatic carbocycles. The average molecular weight is 523 g/mol. The second-order valence-corrected chi connectivity index (χ2v) is 11.0. The fraction of sp³-hybridized carbons (Fsp3) is 0.567. The molecule has 204 valence electrons. The number of carbonyl (C=O) groups is 3. The lowest BCUT2D eigenvalue weighted by molar-refractivity contribution is -0.157. The second kappa shape index (κ2) is 10.3. The van der Waals surface area contributed by atoms with Crippen molar-refractivity contribution in [3.8, 4) is 0 Å². The highest BCUT2D eigenvalue weighted by Gasteiger charge is 2.75. The van der Waals surface area contributed by atoms with Crippen LogP contribution in [0.25, 0.3) is 0 Å². The van der Waals surface area contributed by atoms with Gasteiger partial charge in [0.15, 0.2) is 0 Å². The molecule has 1 aromatic carbocycles. The van der Waals surface area contributed by atoms with Gasteiger partial charge in [-0.05, 0) is 56.4 Å². The summed E-state index contributed by atoms with van der Waals surface area (Å²) in [5, 5.41) is 9.14. The molecule has 1 aromatic rings. The quantitative estimate of drug-likeness (QED) is 0.320. The number of ether oxygens (including phenoxy) is 2. The number of nitrogens with zero attached hydrogens (tertiary/aromatic N) is 2. The van der Waals surface area contributed by atoms with Crippen molar-refractivity contribution in [2.45, 2.75) is 70.1 Å². The van der Waals surface area contributed by atoms with E-state index in [-0.39, 0.29) is 25.0 Å². The van der Waals surface area contributed by atoms with Crippen molar-refractivity contribution in [2.24, 2.45) is 11.8 Å². The molecule has 38 heavy (non-hydrogen) atoms. The Morgan fingerprint density at radius 1 is 1.00 bits per heavy atom. The minimum Gasteiger partial charge on any atom is -0.461 e. The van der Waals surface area contributed by atoms with Crippen molar-refractivity contribution < 1.29 is 29.0 Å². The van der Waals surface area contributed by atoms with Crippen LogP contribution in [0, 0.1) is 25.7 Å². The first-order valence-corrected chi connectivity index (χ1v) is 13.8. The van der Waals surface area contributed by atoms with Gasteiger partial charge in [-0.3, -0.25) is 14.4 Å². The lowest BCUT2D eigenvalue weighted by Gasteiger charge is -2.38. The molecule has 4 aliphatic heterocycles. The monoisotopic (exact) mass is 522 g/mol. The van der Waals surface area contributed by atoms with Gasteiger partial charge in [0.1, 0.15) is 29.8 Å². The predicted molar refractivity (Wildman–Crippen MR) is 142 cm³/mol. The molecule has 4 heterocycles. The number of fused-ring (bicyclic) bond motifs is 2. The molecule has 0 bridgehead atoms. The van der Waals surface area contributed by atoms with Crippen LogP contribution in [-0.4, -0.2) is 71.3 Å². The molecule has 5 atom stereocenters. The fourth-order valence-electron chi connectivity index (χ4n) is 6.81. The molecule has 2 amide bonds. The van der Waals surface area contributed by atoms with E-state index in [0.29, 0.717) is 32.4 Å². The maximum absolute atomic E-state index is 14.5. The number of amides is 2. The zero-order valence-electron chi connectivity index (χ0n) is 22.5. The highest BCUT2D eigenvalue weighted by atomic mass is 16.6. The second-order valence-electron chi connectivity index (χ2n) is 11.0. The van der Waals surface area contributed by atoms with Crippen LogP contribution >= 0.6 is 0 Å². The van der Waals surface area contributed by atoms with Crippen LogP contribution in [-0.2, 0) is 23.9 Å². The maximum atomic E-state index is 14.5. The largest absolute Gasteiger partial charge is 0.461 e. The molecule has 2 fully saturated rings. The van der Waals surface area contributed by atoms with E-state index < -0.39 is 35.0 Å². The van der Waals surface area contributed by atoms with Gasteiger partial charge in [0.2, 0.25) is 5.91 Å². The van der Waals surface area contributed by atoms with Crippen LogP contribution in [0.1, 0.15) is 50.2 Å². The molecule has 2 saturated heterocycles. The van der Waals surface area contributed by atoms with Crippen molar-refractivity contribution in [1.82, 2.24) is 4.90 Å². The topological polar surface area (TPSA) is 96.4 Å². The summed E-state index contributed by atoms with van der Waals surface area (Å²) >= 11 is 0. The van der Waals surface area contributed by atoms with Crippen molar-refractivity contribution in [3.63, 3.8) is 0 Å². The predicted octanol–water partition coefficient (Wildman–Crippen LogP) is 3.23. The van der Waals surface area contributed by atoms with E-state index in [1.54, 1.807) is 15.9 Å². The van der Waals surface area contributed by atoms with Gasteiger partial charge in [0, 0.05) is 25.4 Å². The third-order valence-corrected chi connectivity index (χ3v) is 8.66. The van der Waals surface area contributed by atoms with Gasteiger partial charge in [-0.25, -0.2) is 0 Å². The van der Waals surface area contributed by atoms with Crippen LogP contribution < -0.4 is 4.90 Å². The van der Waals surface area contributed by atoms with Crippen LogP contribution in [0.2, 0.25) is 0 Å². The Bertz CT molecular complexity index is 1180. The van der Waals surface area contributed by atoms with Gasteiger partial charge in [0.25, 0.3) is 5.91 Å². The van der Waals surface area contributed by atoms with Crippen LogP contribution in [0.15, 0.2) is 42.5 Å². The summed E-state index contributed by atoms with van der Waals surface area (Å²) in [5.41, 5.74) is 0.538. The van der Waals surface area contributed by atoms with Gasteiger partial charge in [-0.15, -0.1) is 0 Å². The molecule has 8 nitrogen and oxygen atoms in total. The maximum Gasteiger partial charge on any atom is 0.313 e. The smallest absolute Gasteiger partial charge is 0.313 e. The Kier molecular flexibility index (Phi) is 7.22. The number of hydrogen-bond acceptors (Lipinski definition) is 6. The van der Waals surface area contributed by atoms with Gasteiger partial charge in [-0.1, -0.05) is 50.1 Å². The first kappa shape index (κ1) is 26.6. The summed E-state index contributed by atoms with van der Waals surface area (Å²) in [4.78, 5) is 45.5. The Morgan fingerprint density at radius 3 is 2.55 bits per heavy atom. The van der Waals surface area contributed by atoms with Crippen molar-refractivity contribution >= 4 is 23.5 Å². The molecule has 5 rings (SSSR count). The third-order valence-electron chi connectivity index (χ3n) is 8.66. The zero-order chi connectivity index (χ0) is 27.1.